The molecule has 0 unspecified atom stereocenters. The predicted molar refractivity (Wildman–Crippen MR) is 99.7 cm³/mol. The molecule has 2 aliphatic rings. The molecule has 0 bridgehead atoms. The second-order valence-electron chi connectivity index (χ2n) is 7.01. The third-order valence-electron chi connectivity index (χ3n) is 5.03. The van der Waals surface area contributed by atoms with E-state index in [2.05, 4.69) is 21.4 Å². The number of allylic oxidation sites excluding steroid dienone is 1. The summed E-state index contributed by atoms with van der Waals surface area (Å²) in [6.07, 6.45) is 10.5. The first kappa shape index (κ1) is 17.6. The normalized spacial score (nSPS) is 18.4. The zero-order valence-electron chi connectivity index (χ0n) is 15.1. The molecule has 2 heterocycles. The van der Waals surface area contributed by atoms with Gasteiger partial charge in [-0.3, -0.25) is 4.79 Å². The Bertz CT molecular complexity index is 867. The van der Waals surface area contributed by atoms with Crippen molar-refractivity contribution in [2.75, 3.05) is 6.54 Å². The molecule has 27 heavy (non-hydrogen) atoms. The van der Waals surface area contributed by atoms with Gasteiger partial charge >= 0.3 is 0 Å². The second-order valence-corrected chi connectivity index (χ2v) is 7.01. The highest BCUT2D eigenvalue weighted by Crippen LogP contribution is 2.38. The van der Waals surface area contributed by atoms with E-state index in [0.717, 1.165) is 19.3 Å². The lowest BCUT2D eigenvalue weighted by atomic mass is 9.97. The largest absolute Gasteiger partial charge is 0.487 e. The summed E-state index contributed by atoms with van der Waals surface area (Å²) >= 11 is 0. The van der Waals surface area contributed by atoms with Gasteiger partial charge < -0.3 is 10.1 Å². The maximum absolute atomic E-state index is 14.3. The number of nitrogens with zero attached hydrogens (tertiary/aromatic N) is 2. The van der Waals surface area contributed by atoms with E-state index in [9.17, 15) is 9.18 Å². The van der Waals surface area contributed by atoms with Crippen LogP contribution < -0.4 is 10.1 Å². The summed E-state index contributed by atoms with van der Waals surface area (Å²) < 4.78 is 20.2. The Hall–Kier alpha value is -2.76. The first-order valence-electron chi connectivity index (χ1n) is 9.41. The summed E-state index contributed by atoms with van der Waals surface area (Å²) in [5.74, 6) is 0.679. The minimum Gasteiger partial charge on any atom is -0.487 e. The number of halogens is 1. The Labute approximate surface area is 157 Å². The molecular weight excluding hydrogens is 345 g/mol. The molecule has 0 spiro atoms. The summed E-state index contributed by atoms with van der Waals surface area (Å²) in [4.78, 5) is 20.7. The van der Waals surface area contributed by atoms with Crippen molar-refractivity contribution in [3.05, 3.63) is 53.6 Å². The Kier molecular flexibility index (Phi) is 5.14. The van der Waals surface area contributed by atoms with E-state index in [1.807, 2.05) is 0 Å². The maximum atomic E-state index is 14.3. The number of benzene rings is 1. The minimum atomic E-state index is -0.300. The standard InChI is InChI=1S/C21H22FN3O2/c22-18-8-7-16(21-23-9-4-10-24-21)20-17(18)12-15(27-20)13-25-19(26)11-14-5-2-1-3-6-14/h4-5,7-10,15H,1-3,6,11-13H2,(H,25,26)/t15-/m0/s1. The van der Waals surface area contributed by atoms with Crippen LogP contribution in [-0.4, -0.2) is 28.5 Å². The van der Waals surface area contributed by atoms with E-state index in [4.69, 9.17) is 4.74 Å². The van der Waals surface area contributed by atoms with Gasteiger partial charge in [-0.25, -0.2) is 14.4 Å². The molecule has 1 aliphatic heterocycles. The number of nitrogens with one attached hydrogen (secondary N) is 1. The van der Waals surface area contributed by atoms with Gasteiger partial charge in [-0.2, -0.15) is 0 Å². The lowest BCUT2D eigenvalue weighted by Crippen LogP contribution is -2.34. The summed E-state index contributed by atoms with van der Waals surface area (Å²) in [7, 11) is 0. The van der Waals surface area contributed by atoms with E-state index in [1.165, 1.54) is 18.1 Å². The number of amides is 1. The van der Waals surface area contributed by atoms with E-state index < -0.39 is 0 Å². The highest BCUT2D eigenvalue weighted by atomic mass is 19.1. The molecule has 1 aromatic carbocycles. The van der Waals surface area contributed by atoms with Crippen LogP contribution in [0.1, 0.15) is 37.7 Å². The van der Waals surface area contributed by atoms with E-state index in [1.54, 1.807) is 24.5 Å². The third-order valence-corrected chi connectivity index (χ3v) is 5.03. The second kappa shape index (κ2) is 7.86. The van der Waals surface area contributed by atoms with Gasteiger partial charge in [0.2, 0.25) is 5.91 Å². The van der Waals surface area contributed by atoms with Crippen molar-refractivity contribution in [3.63, 3.8) is 0 Å². The molecule has 5 nitrogen and oxygen atoms in total. The zero-order chi connectivity index (χ0) is 18.6. The lowest BCUT2D eigenvalue weighted by molar-refractivity contribution is -0.120. The van der Waals surface area contributed by atoms with Crippen LogP contribution in [0, 0.1) is 5.82 Å². The maximum Gasteiger partial charge on any atom is 0.224 e. The van der Waals surface area contributed by atoms with Crippen molar-refractivity contribution in [2.24, 2.45) is 0 Å². The monoisotopic (exact) mass is 367 g/mol. The smallest absolute Gasteiger partial charge is 0.224 e. The van der Waals surface area contributed by atoms with Gasteiger partial charge in [-0.15, -0.1) is 0 Å². The average Bonchev–Trinajstić information content (AvgIpc) is 3.13. The molecule has 4 rings (SSSR count). The van der Waals surface area contributed by atoms with Gasteiger partial charge in [0.1, 0.15) is 17.7 Å². The number of ether oxygens (including phenoxy) is 1. The Balaban J connectivity index is 1.41. The number of carbonyl (C=O) groups is 1. The van der Waals surface area contributed by atoms with E-state index >= 15 is 0 Å². The van der Waals surface area contributed by atoms with Gasteiger partial charge in [0.05, 0.1) is 12.1 Å². The van der Waals surface area contributed by atoms with Crippen LogP contribution in [0.3, 0.4) is 0 Å². The molecule has 140 valence electrons. The molecule has 1 amide bonds. The van der Waals surface area contributed by atoms with Gasteiger partial charge in [-0.05, 0) is 43.9 Å². The fourth-order valence-corrected chi connectivity index (χ4v) is 3.65. The molecule has 1 N–H and O–H groups in total. The number of hydrogen-bond acceptors (Lipinski definition) is 4. The molecule has 0 saturated heterocycles. The van der Waals surface area contributed by atoms with Crippen LogP contribution >= 0.6 is 0 Å². The van der Waals surface area contributed by atoms with E-state index in [0.29, 0.717) is 42.1 Å². The SMILES string of the molecule is O=C(CC1=CCCCC1)NC[C@@H]1Cc2c(F)ccc(-c3ncccn3)c2O1. The van der Waals surface area contributed by atoms with Crippen molar-refractivity contribution in [1.82, 2.24) is 15.3 Å². The van der Waals surface area contributed by atoms with Crippen LogP contribution in [0.4, 0.5) is 4.39 Å². The van der Waals surface area contributed by atoms with Gasteiger partial charge in [0.15, 0.2) is 5.82 Å². The summed E-state index contributed by atoms with van der Waals surface area (Å²) in [6, 6.07) is 4.79. The van der Waals surface area contributed by atoms with E-state index in [-0.39, 0.29) is 17.8 Å². The van der Waals surface area contributed by atoms with Crippen molar-refractivity contribution in [1.29, 1.82) is 0 Å². The van der Waals surface area contributed by atoms with Crippen molar-refractivity contribution in [3.8, 4) is 17.1 Å². The van der Waals surface area contributed by atoms with Gasteiger partial charge in [0, 0.05) is 30.8 Å². The van der Waals surface area contributed by atoms with Crippen molar-refractivity contribution < 1.29 is 13.9 Å². The van der Waals surface area contributed by atoms with Crippen molar-refractivity contribution in [2.45, 2.75) is 44.6 Å². The molecule has 6 heteroatoms. The average molecular weight is 367 g/mol. The zero-order valence-corrected chi connectivity index (χ0v) is 15.1. The molecule has 0 fully saturated rings. The predicted octanol–water partition coefficient (Wildman–Crippen LogP) is 3.59. The number of fused-ring (bicyclic) bond motifs is 1. The third kappa shape index (κ3) is 3.99. The first-order chi connectivity index (χ1) is 13.2. The van der Waals surface area contributed by atoms with Crippen LogP contribution in [0.5, 0.6) is 5.75 Å². The minimum absolute atomic E-state index is 0.00482. The molecule has 2 aromatic rings. The molecule has 0 saturated carbocycles. The Morgan fingerprint density at radius 1 is 1.26 bits per heavy atom. The lowest BCUT2D eigenvalue weighted by Gasteiger charge is -2.15. The van der Waals surface area contributed by atoms with Gasteiger partial charge in [-0.1, -0.05) is 11.6 Å². The van der Waals surface area contributed by atoms with Crippen LogP contribution in [0.25, 0.3) is 11.4 Å². The van der Waals surface area contributed by atoms with Crippen molar-refractivity contribution >= 4 is 5.91 Å². The molecule has 1 atom stereocenters. The summed E-state index contributed by atoms with van der Waals surface area (Å²) in [5.41, 5.74) is 2.41. The number of carbonyl (C=O) groups excluding carboxylic acids is 1. The number of aromatic nitrogens is 2. The molecular formula is C21H22FN3O2. The fraction of sp³-hybridized carbons (Fsp3) is 0.381. The number of hydrogen-bond donors (Lipinski definition) is 1. The Morgan fingerprint density at radius 2 is 2.11 bits per heavy atom. The van der Waals surface area contributed by atoms with Crippen LogP contribution in [0.2, 0.25) is 0 Å². The summed E-state index contributed by atoms with van der Waals surface area (Å²) in [5, 5.41) is 2.93. The highest BCUT2D eigenvalue weighted by Gasteiger charge is 2.29. The molecule has 1 aliphatic carbocycles. The van der Waals surface area contributed by atoms with Crippen LogP contribution in [0.15, 0.2) is 42.2 Å². The molecule has 0 radical (unpaired) electrons. The number of rotatable bonds is 5. The Morgan fingerprint density at radius 3 is 2.89 bits per heavy atom. The summed E-state index contributed by atoms with van der Waals surface area (Å²) in [6.45, 7) is 0.356. The molecule has 1 aromatic heterocycles. The first-order valence-corrected chi connectivity index (χ1v) is 9.41. The fourth-order valence-electron chi connectivity index (χ4n) is 3.65. The van der Waals surface area contributed by atoms with Crippen LogP contribution in [-0.2, 0) is 11.2 Å². The highest BCUT2D eigenvalue weighted by molar-refractivity contribution is 5.78. The van der Waals surface area contributed by atoms with Gasteiger partial charge in [0.25, 0.3) is 0 Å². The topological polar surface area (TPSA) is 64.1 Å². The quantitative estimate of drug-likeness (QED) is 0.821.